The van der Waals surface area contributed by atoms with Crippen LogP contribution in [0.5, 0.6) is 23.0 Å². The van der Waals surface area contributed by atoms with Crippen molar-refractivity contribution in [3.05, 3.63) is 78.1 Å². The van der Waals surface area contributed by atoms with E-state index in [2.05, 4.69) is 10.6 Å². The number of carbonyl (C=O) groups excluding carboxylic acids is 2. The molecule has 8 nitrogen and oxygen atoms in total. The Labute approximate surface area is 234 Å². The van der Waals surface area contributed by atoms with Gasteiger partial charge in [-0.25, -0.2) is 9.18 Å². The van der Waals surface area contributed by atoms with Crippen LogP contribution in [0.1, 0.15) is 48.9 Å². The molecule has 212 valence electrons. The van der Waals surface area contributed by atoms with E-state index in [1.54, 1.807) is 54.4 Å². The molecule has 40 heavy (non-hydrogen) atoms. The SMILES string of the molecule is CNC(=O)c1ccc(Oc2cc(NC(=O)N(CCCO)CC3CCCCC3)cc(Oc3ccc(F)cc3)c2)cc1. The zero-order valence-corrected chi connectivity index (χ0v) is 22.7. The first kappa shape index (κ1) is 28.9. The Morgan fingerprint density at radius 1 is 0.900 bits per heavy atom. The van der Waals surface area contributed by atoms with Gasteiger partial charge >= 0.3 is 6.03 Å². The molecule has 1 saturated carbocycles. The Hall–Kier alpha value is -4.11. The summed E-state index contributed by atoms with van der Waals surface area (Å²) >= 11 is 0. The van der Waals surface area contributed by atoms with E-state index < -0.39 is 0 Å². The number of aliphatic hydroxyl groups is 1. The van der Waals surface area contributed by atoms with Crippen molar-refractivity contribution in [1.29, 1.82) is 0 Å². The number of nitrogens with zero attached hydrogens (tertiary/aromatic N) is 1. The second-order valence-corrected chi connectivity index (χ2v) is 9.91. The van der Waals surface area contributed by atoms with E-state index >= 15 is 0 Å². The Morgan fingerprint density at radius 2 is 1.50 bits per heavy atom. The number of ether oxygens (including phenoxy) is 2. The van der Waals surface area contributed by atoms with Crippen LogP contribution in [-0.4, -0.2) is 48.7 Å². The van der Waals surface area contributed by atoms with E-state index in [0.717, 1.165) is 12.8 Å². The Balaban J connectivity index is 1.56. The smallest absolute Gasteiger partial charge is 0.321 e. The number of benzene rings is 3. The van der Waals surface area contributed by atoms with Crippen molar-refractivity contribution in [2.45, 2.75) is 38.5 Å². The predicted molar refractivity (Wildman–Crippen MR) is 152 cm³/mol. The van der Waals surface area contributed by atoms with Gasteiger partial charge in [0, 0.05) is 56.2 Å². The number of carbonyl (C=O) groups is 2. The molecule has 1 fully saturated rings. The molecule has 1 aliphatic carbocycles. The number of anilines is 1. The van der Waals surface area contributed by atoms with Crippen LogP contribution < -0.4 is 20.1 Å². The lowest BCUT2D eigenvalue weighted by Crippen LogP contribution is -2.40. The van der Waals surface area contributed by atoms with Gasteiger partial charge in [-0.05, 0) is 73.7 Å². The zero-order chi connectivity index (χ0) is 28.3. The summed E-state index contributed by atoms with van der Waals surface area (Å²) in [7, 11) is 1.56. The summed E-state index contributed by atoms with van der Waals surface area (Å²) in [6.45, 7) is 1.09. The average Bonchev–Trinajstić information content (AvgIpc) is 2.97. The molecule has 0 aliphatic heterocycles. The fourth-order valence-corrected chi connectivity index (χ4v) is 4.78. The molecular weight excluding hydrogens is 513 g/mol. The third-order valence-electron chi connectivity index (χ3n) is 6.84. The zero-order valence-electron chi connectivity index (χ0n) is 22.7. The standard InChI is InChI=1S/C31H36FN3O5/c1-33-30(37)23-8-12-26(13-9-23)39-28-18-25(19-29(20-28)40-27-14-10-24(32)11-15-27)34-31(38)35(16-5-17-36)21-22-6-3-2-4-7-22/h8-15,18-20,22,36H,2-7,16-17,21H2,1H3,(H,33,37)(H,34,38). The number of urea groups is 1. The van der Waals surface area contributed by atoms with Crippen LogP contribution in [0.15, 0.2) is 66.7 Å². The lowest BCUT2D eigenvalue weighted by molar-refractivity contribution is 0.0963. The lowest BCUT2D eigenvalue weighted by Gasteiger charge is -2.30. The fourth-order valence-electron chi connectivity index (χ4n) is 4.78. The Morgan fingerprint density at radius 3 is 2.08 bits per heavy atom. The number of nitrogens with one attached hydrogen (secondary N) is 2. The number of hydrogen-bond acceptors (Lipinski definition) is 5. The number of amides is 3. The number of halogens is 1. The maximum Gasteiger partial charge on any atom is 0.321 e. The maximum atomic E-state index is 13.4. The highest BCUT2D eigenvalue weighted by Crippen LogP contribution is 2.33. The van der Waals surface area contributed by atoms with Crippen LogP contribution in [0.2, 0.25) is 0 Å². The quantitative estimate of drug-likeness (QED) is 0.251. The minimum absolute atomic E-state index is 0.00609. The van der Waals surface area contributed by atoms with E-state index in [1.807, 2.05) is 0 Å². The van der Waals surface area contributed by atoms with E-state index in [0.29, 0.717) is 59.7 Å². The minimum atomic E-state index is -0.376. The summed E-state index contributed by atoms with van der Waals surface area (Å²) in [5, 5.41) is 14.9. The first-order valence-corrected chi connectivity index (χ1v) is 13.7. The van der Waals surface area contributed by atoms with Crippen LogP contribution in [0.25, 0.3) is 0 Å². The number of aliphatic hydroxyl groups excluding tert-OH is 1. The molecular formula is C31H36FN3O5. The third kappa shape index (κ3) is 8.44. The van der Waals surface area contributed by atoms with E-state index in [-0.39, 0.29) is 24.4 Å². The lowest BCUT2D eigenvalue weighted by atomic mass is 9.89. The third-order valence-corrected chi connectivity index (χ3v) is 6.84. The molecule has 0 saturated heterocycles. The molecule has 1 aliphatic rings. The van der Waals surface area contributed by atoms with E-state index in [9.17, 15) is 19.1 Å². The van der Waals surface area contributed by atoms with Gasteiger partial charge < -0.3 is 30.1 Å². The molecule has 0 unspecified atom stereocenters. The van der Waals surface area contributed by atoms with Gasteiger partial charge in [-0.1, -0.05) is 19.3 Å². The van der Waals surface area contributed by atoms with Crippen molar-refractivity contribution in [2.75, 3.05) is 32.1 Å². The summed E-state index contributed by atoms with van der Waals surface area (Å²) < 4.78 is 25.4. The average molecular weight is 550 g/mol. The second-order valence-electron chi connectivity index (χ2n) is 9.91. The molecule has 0 aromatic heterocycles. The van der Waals surface area contributed by atoms with Crippen molar-refractivity contribution in [1.82, 2.24) is 10.2 Å². The summed E-state index contributed by atoms with van der Waals surface area (Å²) in [4.78, 5) is 27.0. The molecule has 0 bridgehead atoms. The normalized spacial score (nSPS) is 13.4. The predicted octanol–water partition coefficient (Wildman–Crippen LogP) is 6.57. The topological polar surface area (TPSA) is 100 Å². The molecule has 9 heteroatoms. The largest absolute Gasteiger partial charge is 0.457 e. The number of rotatable bonds is 11. The van der Waals surface area contributed by atoms with Gasteiger partial charge in [0.1, 0.15) is 28.8 Å². The monoisotopic (exact) mass is 549 g/mol. The second kappa shape index (κ2) is 14.3. The van der Waals surface area contributed by atoms with Crippen LogP contribution >= 0.6 is 0 Å². The molecule has 3 amide bonds. The summed E-state index contributed by atoms with van der Waals surface area (Å²) in [6.07, 6.45) is 6.27. The molecule has 3 aromatic carbocycles. The van der Waals surface area contributed by atoms with Crippen LogP contribution in [-0.2, 0) is 0 Å². The van der Waals surface area contributed by atoms with Crippen molar-refractivity contribution < 1.29 is 28.6 Å². The van der Waals surface area contributed by atoms with Crippen molar-refractivity contribution in [3.63, 3.8) is 0 Å². The van der Waals surface area contributed by atoms with Crippen molar-refractivity contribution >= 4 is 17.6 Å². The van der Waals surface area contributed by atoms with Gasteiger partial charge in [0.15, 0.2) is 0 Å². The molecule has 0 heterocycles. The van der Waals surface area contributed by atoms with Crippen molar-refractivity contribution in [2.24, 2.45) is 5.92 Å². The first-order valence-electron chi connectivity index (χ1n) is 13.7. The molecule has 3 N–H and O–H groups in total. The van der Waals surface area contributed by atoms with E-state index in [4.69, 9.17) is 9.47 Å². The maximum absolute atomic E-state index is 13.4. The van der Waals surface area contributed by atoms with Gasteiger partial charge in [-0.3, -0.25) is 4.79 Å². The van der Waals surface area contributed by atoms with Gasteiger partial charge in [0.2, 0.25) is 0 Å². The van der Waals surface area contributed by atoms with E-state index in [1.165, 1.54) is 43.5 Å². The fraction of sp³-hybridized carbons (Fsp3) is 0.355. The van der Waals surface area contributed by atoms with Gasteiger partial charge in [-0.2, -0.15) is 0 Å². The highest BCUT2D eigenvalue weighted by Gasteiger charge is 2.21. The summed E-state index contributed by atoms with van der Waals surface area (Å²) in [5.41, 5.74) is 0.955. The van der Waals surface area contributed by atoms with Gasteiger partial charge in [-0.15, -0.1) is 0 Å². The summed E-state index contributed by atoms with van der Waals surface area (Å²) in [5.74, 6) is 1.57. The highest BCUT2D eigenvalue weighted by molar-refractivity contribution is 5.94. The first-order chi connectivity index (χ1) is 19.4. The minimum Gasteiger partial charge on any atom is -0.457 e. The molecule has 0 atom stereocenters. The summed E-state index contributed by atoms with van der Waals surface area (Å²) in [6, 6.07) is 17.1. The van der Waals surface area contributed by atoms with Crippen LogP contribution in [0.4, 0.5) is 14.9 Å². The Bertz CT molecular complexity index is 1260. The number of hydrogen-bond donors (Lipinski definition) is 3. The Kier molecular flexibility index (Phi) is 10.3. The van der Waals surface area contributed by atoms with Crippen molar-refractivity contribution in [3.8, 4) is 23.0 Å². The van der Waals surface area contributed by atoms with Gasteiger partial charge in [0.05, 0.1) is 0 Å². The van der Waals surface area contributed by atoms with Gasteiger partial charge in [0.25, 0.3) is 5.91 Å². The van der Waals surface area contributed by atoms with Crippen LogP contribution in [0, 0.1) is 11.7 Å². The molecule has 3 aromatic rings. The molecule has 4 rings (SSSR count). The molecule has 0 spiro atoms. The highest BCUT2D eigenvalue weighted by atomic mass is 19.1. The molecule has 0 radical (unpaired) electrons. The van der Waals surface area contributed by atoms with Crippen LogP contribution in [0.3, 0.4) is 0 Å².